The Labute approximate surface area is 122 Å². The molecule has 0 fully saturated rings. The van der Waals surface area contributed by atoms with Crippen LogP contribution in [-0.4, -0.2) is 30.2 Å². The molecule has 5 nitrogen and oxygen atoms in total. The zero-order valence-electron chi connectivity index (χ0n) is 11.9. The summed E-state index contributed by atoms with van der Waals surface area (Å²) in [7, 11) is 4.01. The highest BCUT2D eigenvalue weighted by molar-refractivity contribution is 7.15. The summed E-state index contributed by atoms with van der Waals surface area (Å²) in [6.45, 7) is 1.86. The van der Waals surface area contributed by atoms with E-state index in [1.165, 1.54) is 11.3 Å². The van der Waals surface area contributed by atoms with Crippen LogP contribution in [0.15, 0.2) is 24.3 Å². The number of carbonyl (C=O) groups excluding carboxylic acids is 1. The number of carbonyl (C=O) groups is 1. The van der Waals surface area contributed by atoms with Gasteiger partial charge in [0, 0.05) is 26.2 Å². The number of amides is 1. The Morgan fingerprint density at radius 1 is 1.25 bits per heavy atom. The molecule has 0 radical (unpaired) electrons. The van der Waals surface area contributed by atoms with Crippen LogP contribution in [0, 0.1) is 6.92 Å². The third kappa shape index (κ3) is 4.03. The van der Waals surface area contributed by atoms with Gasteiger partial charge in [0.2, 0.25) is 11.0 Å². The van der Waals surface area contributed by atoms with E-state index in [9.17, 15) is 4.79 Å². The first-order chi connectivity index (χ1) is 9.54. The van der Waals surface area contributed by atoms with E-state index in [0.29, 0.717) is 11.6 Å². The van der Waals surface area contributed by atoms with Gasteiger partial charge in [0.25, 0.3) is 0 Å². The maximum absolute atomic E-state index is 11.8. The molecule has 0 unspecified atom stereocenters. The smallest absolute Gasteiger partial charge is 0.226 e. The molecule has 0 saturated carbocycles. The highest BCUT2D eigenvalue weighted by Crippen LogP contribution is 2.15. The van der Waals surface area contributed by atoms with Crippen molar-refractivity contribution >= 4 is 28.1 Å². The number of nitrogens with one attached hydrogen (secondary N) is 1. The minimum atomic E-state index is -0.0298. The van der Waals surface area contributed by atoms with Crippen LogP contribution in [-0.2, 0) is 11.2 Å². The summed E-state index contributed by atoms with van der Waals surface area (Å²) in [6.07, 6.45) is 1.16. The molecule has 1 aromatic carbocycles. The summed E-state index contributed by atoms with van der Waals surface area (Å²) in [5.41, 5.74) is 2.31. The summed E-state index contributed by atoms with van der Waals surface area (Å²) < 4.78 is 0. The molecule has 0 spiro atoms. The Bertz CT molecular complexity index is 577. The maximum atomic E-state index is 11.8. The molecule has 1 N–H and O–H groups in total. The SMILES string of the molecule is Cc1nnc(NC(=O)CCc2ccc(N(C)C)cc2)s1. The van der Waals surface area contributed by atoms with Crippen molar-refractivity contribution in [1.29, 1.82) is 0 Å². The van der Waals surface area contributed by atoms with Crippen molar-refractivity contribution in [3.8, 4) is 0 Å². The van der Waals surface area contributed by atoms with Crippen molar-refractivity contribution in [2.75, 3.05) is 24.3 Å². The molecule has 106 valence electrons. The topological polar surface area (TPSA) is 58.1 Å². The van der Waals surface area contributed by atoms with Crippen molar-refractivity contribution in [3.63, 3.8) is 0 Å². The lowest BCUT2D eigenvalue weighted by Gasteiger charge is -2.12. The van der Waals surface area contributed by atoms with Gasteiger partial charge in [-0.2, -0.15) is 0 Å². The molecule has 0 aliphatic carbocycles. The van der Waals surface area contributed by atoms with Gasteiger partial charge in [0.15, 0.2) is 0 Å². The number of benzene rings is 1. The number of rotatable bonds is 5. The second kappa shape index (κ2) is 6.47. The predicted octanol–water partition coefficient (Wildman–Crippen LogP) is 2.48. The van der Waals surface area contributed by atoms with Gasteiger partial charge in [0.05, 0.1) is 0 Å². The number of aromatic nitrogens is 2. The van der Waals surface area contributed by atoms with Crippen LogP contribution in [0.3, 0.4) is 0 Å². The number of nitrogens with zero attached hydrogens (tertiary/aromatic N) is 3. The Kier molecular flexibility index (Phi) is 4.68. The Balaban J connectivity index is 1.83. The highest BCUT2D eigenvalue weighted by Gasteiger charge is 2.06. The fourth-order valence-corrected chi connectivity index (χ4v) is 2.36. The standard InChI is InChI=1S/C14H18N4OS/c1-10-16-17-14(20-10)15-13(19)9-6-11-4-7-12(8-5-11)18(2)3/h4-5,7-8H,6,9H2,1-3H3,(H,15,17,19). The summed E-state index contributed by atoms with van der Waals surface area (Å²) in [5.74, 6) is -0.0298. The quantitative estimate of drug-likeness (QED) is 0.919. The summed E-state index contributed by atoms with van der Waals surface area (Å²) in [4.78, 5) is 13.8. The van der Waals surface area contributed by atoms with E-state index in [2.05, 4.69) is 39.8 Å². The molecule has 0 aliphatic rings. The lowest BCUT2D eigenvalue weighted by Crippen LogP contribution is -2.12. The Morgan fingerprint density at radius 3 is 2.50 bits per heavy atom. The van der Waals surface area contributed by atoms with E-state index >= 15 is 0 Å². The van der Waals surface area contributed by atoms with E-state index in [-0.39, 0.29) is 5.91 Å². The maximum Gasteiger partial charge on any atom is 0.226 e. The van der Waals surface area contributed by atoms with Crippen LogP contribution < -0.4 is 10.2 Å². The normalized spacial score (nSPS) is 10.3. The number of aryl methyl sites for hydroxylation is 2. The molecule has 1 amide bonds. The van der Waals surface area contributed by atoms with Crippen molar-refractivity contribution in [1.82, 2.24) is 10.2 Å². The second-order valence-electron chi connectivity index (χ2n) is 4.74. The molecule has 0 bridgehead atoms. The summed E-state index contributed by atoms with van der Waals surface area (Å²) in [5, 5.41) is 11.9. The monoisotopic (exact) mass is 290 g/mol. The van der Waals surface area contributed by atoms with Gasteiger partial charge in [-0.1, -0.05) is 23.5 Å². The average molecular weight is 290 g/mol. The minimum Gasteiger partial charge on any atom is -0.378 e. The van der Waals surface area contributed by atoms with Gasteiger partial charge >= 0.3 is 0 Å². The first kappa shape index (κ1) is 14.5. The summed E-state index contributed by atoms with van der Waals surface area (Å²) >= 11 is 1.38. The van der Waals surface area contributed by atoms with Gasteiger partial charge in [-0.25, -0.2) is 0 Å². The Morgan fingerprint density at radius 2 is 1.95 bits per heavy atom. The van der Waals surface area contributed by atoms with E-state index in [0.717, 1.165) is 22.7 Å². The zero-order valence-corrected chi connectivity index (χ0v) is 12.7. The molecule has 0 aliphatic heterocycles. The number of hydrogen-bond acceptors (Lipinski definition) is 5. The molecular formula is C14H18N4OS. The van der Waals surface area contributed by atoms with Crippen molar-refractivity contribution in [2.45, 2.75) is 19.8 Å². The fourth-order valence-electron chi connectivity index (χ4n) is 1.75. The van der Waals surface area contributed by atoms with Gasteiger partial charge < -0.3 is 10.2 Å². The van der Waals surface area contributed by atoms with E-state index < -0.39 is 0 Å². The van der Waals surface area contributed by atoms with Gasteiger partial charge in [-0.15, -0.1) is 10.2 Å². The third-order valence-electron chi connectivity index (χ3n) is 2.87. The van der Waals surface area contributed by atoms with Crippen LogP contribution in [0.2, 0.25) is 0 Å². The van der Waals surface area contributed by atoms with Crippen LogP contribution >= 0.6 is 11.3 Å². The van der Waals surface area contributed by atoms with Crippen molar-refractivity contribution in [3.05, 3.63) is 34.8 Å². The van der Waals surface area contributed by atoms with Gasteiger partial charge in [-0.3, -0.25) is 4.79 Å². The predicted molar refractivity (Wildman–Crippen MR) is 82.4 cm³/mol. The second-order valence-corrected chi connectivity index (χ2v) is 5.92. The fraction of sp³-hybridized carbons (Fsp3) is 0.357. The first-order valence-electron chi connectivity index (χ1n) is 6.41. The lowest BCUT2D eigenvalue weighted by atomic mass is 10.1. The molecular weight excluding hydrogens is 272 g/mol. The zero-order chi connectivity index (χ0) is 14.5. The highest BCUT2D eigenvalue weighted by atomic mass is 32.1. The molecule has 2 rings (SSSR count). The first-order valence-corrected chi connectivity index (χ1v) is 7.22. The average Bonchev–Trinajstić information content (AvgIpc) is 2.82. The van der Waals surface area contributed by atoms with Gasteiger partial charge in [-0.05, 0) is 31.0 Å². The Hall–Kier alpha value is -1.95. The van der Waals surface area contributed by atoms with Crippen LogP contribution in [0.1, 0.15) is 17.0 Å². The molecule has 1 aromatic heterocycles. The van der Waals surface area contributed by atoms with E-state index in [1.807, 2.05) is 25.9 Å². The number of anilines is 2. The van der Waals surface area contributed by atoms with E-state index in [1.54, 1.807) is 0 Å². The van der Waals surface area contributed by atoms with Crippen molar-refractivity contribution < 1.29 is 4.79 Å². The minimum absolute atomic E-state index is 0.0298. The molecule has 2 aromatic rings. The van der Waals surface area contributed by atoms with Crippen molar-refractivity contribution in [2.24, 2.45) is 0 Å². The largest absolute Gasteiger partial charge is 0.378 e. The molecule has 6 heteroatoms. The molecule has 0 atom stereocenters. The molecule has 1 heterocycles. The van der Waals surface area contributed by atoms with Gasteiger partial charge in [0.1, 0.15) is 5.01 Å². The van der Waals surface area contributed by atoms with E-state index in [4.69, 9.17) is 0 Å². The summed E-state index contributed by atoms with van der Waals surface area (Å²) in [6, 6.07) is 8.22. The molecule has 0 saturated heterocycles. The lowest BCUT2D eigenvalue weighted by molar-refractivity contribution is -0.116. The van der Waals surface area contributed by atoms with Crippen LogP contribution in [0.5, 0.6) is 0 Å². The third-order valence-corrected chi connectivity index (χ3v) is 3.62. The van der Waals surface area contributed by atoms with Crippen LogP contribution in [0.4, 0.5) is 10.8 Å². The molecule has 20 heavy (non-hydrogen) atoms. The van der Waals surface area contributed by atoms with Crippen LogP contribution in [0.25, 0.3) is 0 Å². The number of hydrogen-bond donors (Lipinski definition) is 1.